The molecule has 0 aliphatic heterocycles. The van der Waals surface area contributed by atoms with Gasteiger partial charge >= 0.3 is 0 Å². The Bertz CT molecular complexity index is 1780. The SMILES string of the molecule is CC(C)(c1ccccc1)c1ccc(OCc2ccc(C(=O)Nc3ccn(Cc4cccc5ccccc45)n3)o2)cc1. The number of amides is 1. The van der Waals surface area contributed by atoms with E-state index in [4.69, 9.17) is 9.15 Å². The molecule has 6 rings (SSSR count). The van der Waals surface area contributed by atoms with Gasteiger partial charge in [-0.3, -0.25) is 9.48 Å². The van der Waals surface area contributed by atoms with Crippen LogP contribution in [0.15, 0.2) is 126 Å². The van der Waals surface area contributed by atoms with Crippen LogP contribution < -0.4 is 10.1 Å². The lowest BCUT2D eigenvalue weighted by Gasteiger charge is -2.26. The van der Waals surface area contributed by atoms with Gasteiger partial charge in [0.2, 0.25) is 0 Å². The minimum Gasteiger partial charge on any atom is -0.486 e. The first-order chi connectivity index (χ1) is 20.0. The number of carbonyl (C=O) groups is 1. The normalized spacial score (nSPS) is 11.5. The fraction of sp³-hybridized carbons (Fsp3) is 0.143. The van der Waals surface area contributed by atoms with Crippen molar-refractivity contribution in [2.24, 2.45) is 0 Å². The standard InChI is InChI=1S/C35H31N3O3/c1-35(2,27-12-4-3-5-13-27)28-15-17-29(18-16-28)40-24-30-19-20-32(41-30)34(39)36-33-21-22-38(37-33)23-26-11-8-10-25-9-6-7-14-31(25)26/h3-22H,23-24H2,1-2H3,(H,36,37,39). The molecule has 6 nitrogen and oxygen atoms in total. The van der Waals surface area contributed by atoms with Gasteiger partial charge in [0.25, 0.3) is 5.91 Å². The number of furan rings is 1. The third-order valence-electron chi connectivity index (χ3n) is 7.43. The Morgan fingerprint density at radius 3 is 2.39 bits per heavy atom. The van der Waals surface area contributed by atoms with E-state index in [-0.39, 0.29) is 23.7 Å². The van der Waals surface area contributed by atoms with E-state index >= 15 is 0 Å². The molecule has 0 bridgehead atoms. The molecule has 0 spiro atoms. The molecule has 0 atom stereocenters. The molecule has 0 saturated heterocycles. The summed E-state index contributed by atoms with van der Waals surface area (Å²) in [6.45, 7) is 5.24. The van der Waals surface area contributed by atoms with Crippen molar-refractivity contribution in [2.75, 3.05) is 5.32 Å². The fourth-order valence-corrected chi connectivity index (χ4v) is 5.02. The number of carbonyl (C=O) groups excluding carboxylic acids is 1. The van der Waals surface area contributed by atoms with Crippen molar-refractivity contribution >= 4 is 22.5 Å². The zero-order valence-corrected chi connectivity index (χ0v) is 23.1. The van der Waals surface area contributed by atoms with Crippen LogP contribution in [0.25, 0.3) is 10.8 Å². The Morgan fingerprint density at radius 2 is 1.56 bits per heavy atom. The van der Waals surface area contributed by atoms with E-state index in [1.54, 1.807) is 18.2 Å². The lowest BCUT2D eigenvalue weighted by Crippen LogP contribution is -2.18. The van der Waals surface area contributed by atoms with Crippen LogP contribution in [0.5, 0.6) is 5.75 Å². The van der Waals surface area contributed by atoms with Crippen molar-refractivity contribution in [3.05, 3.63) is 150 Å². The molecule has 0 saturated carbocycles. The molecule has 1 amide bonds. The first-order valence-electron chi connectivity index (χ1n) is 13.6. The number of nitrogens with one attached hydrogen (secondary N) is 1. The van der Waals surface area contributed by atoms with Crippen molar-refractivity contribution < 1.29 is 13.9 Å². The minimum atomic E-state index is -0.362. The van der Waals surface area contributed by atoms with Gasteiger partial charge in [-0.25, -0.2) is 0 Å². The van der Waals surface area contributed by atoms with Crippen LogP contribution in [-0.2, 0) is 18.6 Å². The van der Waals surface area contributed by atoms with Gasteiger partial charge in [-0.1, -0.05) is 98.8 Å². The van der Waals surface area contributed by atoms with Crippen LogP contribution in [0.1, 0.15) is 46.9 Å². The van der Waals surface area contributed by atoms with Crippen molar-refractivity contribution in [1.29, 1.82) is 0 Å². The van der Waals surface area contributed by atoms with E-state index < -0.39 is 0 Å². The van der Waals surface area contributed by atoms with Gasteiger partial charge in [0, 0.05) is 17.7 Å². The molecule has 41 heavy (non-hydrogen) atoms. The van der Waals surface area contributed by atoms with Gasteiger partial charge in [-0.2, -0.15) is 5.10 Å². The summed E-state index contributed by atoms with van der Waals surface area (Å²) in [5, 5.41) is 9.72. The molecular formula is C35H31N3O3. The van der Waals surface area contributed by atoms with Crippen LogP contribution in [-0.4, -0.2) is 15.7 Å². The largest absolute Gasteiger partial charge is 0.486 e. The van der Waals surface area contributed by atoms with Gasteiger partial charge in [0.1, 0.15) is 18.1 Å². The van der Waals surface area contributed by atoms with Crippen LogP contribution in [0.4, 0.5) is 5.82 Å². The minimum absolute atomic E-state index is 0.116. The Balaban J connectivity index is 1.04. The third kappa shape index (κ3) is 5.77. The number of aromatic nitrogens is 2. The maximum Gasteiger partial charge on any atom is 0.292 e. The zero-order chi connectivity index (χ0) is 28.2. The topological polar surface area (TPSA) is 69.3 Å². The smallest absolute Gasteiger partial charge is 0.292 e. The number of fused-ring (bicyclic) bond motifs is 1. The Morgan fingerprint density at radius 1 is 0.829 bits per heavy atom. The van der Waals surface area contributed by atoms with Gasteiger partial charge in [0.05, 0.1) is 6.54 Å². The van der Waals surface area contributed by atoms with Crippen molar-refractivity contribution in [3.63, 3.8) is 0 Å². The van der Waals surface area contributed by atoms with Crippen LogP contribution in [0, 0.1) is 0 Å². The predicted molar refractivity (Wildman–Crippen MR) is 161 cm³/mol. The number of rotatable bonds is 9. The molecule has 0 radical (unpaired) electrons. The molecule has 0 aliphatic carbocycles. The summed E-state index contributed by atoms with van der Waals surface area (Å²) in [5.74, 6) is 1.59. The zero-order valence-electron chi connectivity index (χ0n) is 23.1. The second-order valence-corrected chi connectivity index (χ2v) is 10.6. The summed E-state index contributed by atoms with van der Waals surface area (Å²) < 4.78 is 13.5. The number of hydrogen-bond acceptors (Lipinski definition) is 4. The van der Waals surface area contributed by atoms with Crippen molar-refractivity contribution in [2.45, 2.75) is 32.4 Å². The van der Waals surface area contributed by atoms with E-state index in [1.165, 1.54) is 21.9 Å². The van der Waals surface area contributed by atoms with Gasteiger partial charge in [-0.15, -0.1) is 0 Å². The van der Waals surface area contributed by atoms with Crippen molar-refractivity contribution in [1.82, 2.24) is 9.78 Å². The molecule has 204 valence electrons. The molecule has 2 aromatic heterocycles. The average molecular weight is 542 g/mol. The van der Waals surface area contributed by atoms with Gasteiger partial charge < -0.3 is 14.5 Å². The Labute approximate surface area is 239 Å². The lowest BCUT2D eigenvalue weighted by molar-refractivity contribution is 0.0992. The molecule has 0 fully saturated rings. The van der Waals surface area contributed by atoms with Crippen LogP contribution in [0.2, 0.25) is 0 Å². The maximum absolute atomic E-state index is 12.8. The Kier molecular flexibility index (Phi) is 7.13. The first-order valence-corrected chi connectivity index (χ1v) is 13.6. The van der Waals surface area contributed by atoms with E-state index in [1.807, 2.05) is 47.3 Å². The molecule has 1 N–H and O–H groups in total. The van der Waals surface area contributed by atoms with Crippen molar-refractivity contribution in [3.8, 4) is 5.75 Å². The third-order valence-corrected chi connectivity index (χ3v) is 7.43. The van der Waals surface area contributed by atoms with Gasteiger partial charge in [-0.05, 0) is 51.7 Å². The summed E-state index contributed by atoms with van der Waals surface area (Å²) in [5.41, 5.74) is 3.50. The van der Waals surface area contributed by atoms with Crippen LogP contribution >= 0.6 is 0 Å². The second kappa shape index (κ2) is 11.2. The predicted octanol–water partition coefficient (Wildman–Crippen LogP) is 7.83. The highest BCUT2D eigenvalue weighted by Crippen LogP contribution is 2.32. The van der Waals surface area contributed by atoms with E-state index in [0.717, 1.165) is 11.3 Å². The molecule has 4 aromatic carbocycles. The number of anilines is 1. The highest BCUT2D eigenvalue weighted by Gasteiger charge is 2.22. The molecule has 0 unspecified atom stereocenters. The summed E-state index contributed by atoms with van der Waals surface area (Å²) in [4.78, 5) is 12.8. The first kappa shape index (κ1) is 26.1. The highest BCUT2D eigenvalue weighted by molar-refractivity contribution is 6.01. The molecule has 6 aromatic rings. The lowest BCUT2D eigenvalue weighted by atomic mass is 9.78. The fourth-order valence-electron chi connectivity index (χ4n) is 5.02. The number of hydrogen-bond donors (Lipinski definition) is 1. The van der Waals surface area contributed by atoms with Gasteiger partial charge in [0.15, 0.2) is 11.6 Å². The molecular weight excluding hydrogens is 510 g/mol. The average Bonchev–Trinajstić information content (AvgIpc) is 3.67. The summed E-state index contributed by atoms with van der Waals surface area (Å²) in [6, 6.07) is 38.2. The second-order valence-electron chi connectivity index (χ2n) is 10.6. The van der Waals surface area contributed by atoms with E-state index in [9.17, 15) is 4.79 Å². The monoisotopic (exact) mass is 541 g/mol. The Hall–Kier alpha value is -5.10. The number of ether oxygens (including phenoxy) is 1. The van der Waals surface area contributed by atoms with Crippen LogP contribution in [0.3, 0.4) is 0 Å². The quantitative estimate of drug-likeness (QED) is 0.202. The molecule has 2 heterocycles. The summed E-state index contributed by atoms with van der Waals surface area (Å²) >= 11 is 0. The molecule has 0 aliphatic rings. The maximum atomic E-state index is 12.8. The molecule has 6 heteroatoms. The highest BCUT2D eigenvalue weighted by atomic mass is 16.5. The summed E-state index contributed by atoms with van der Waals surface area (Å²) in [6.07, 6.45) is 1.85. The van der Waals surface area contributed by atoms with E-state index in [2.05, 4.69) is 84.9 Å². The number of benzene rings is 4. The van der Waals surface area contributed by atoms with E-state index in [0.29, 0.717) is 18.1 Å². The number of nitrogens with zero attached hydrogens (tertiary/aromatic N) is 2. The summed E-state index contributed by atoms with van der Waals surface area (Å²) in [7, 11) is 0.